The third-order valence-electron chi connectivity index (χ3n) is 4.48. The molecule has 2 aromatic heterocycles. The van der Waals surface area contributed by atoms with Crippen molar-refractivity contribution in [2.24, 2.45) is 18.4 Å². The Morgan fingerprint density at radius 1 is 1.25 bits per heavy atom. The number of aryl methyl sites for hydroxylation is 1. The van der Waals surface area contributed by atoms with Gasteiger partial charge in [-0.05, 0) is 18.8 Å². The summed E-state index contributed by atoms with van der Waals surface area (Å²) in [4.78, 5) is 27.6. The third kappa shape index (κ3) is 3.47. The normalized spacial score (nSPS) is 18.2. The molecule has 0 saturated carbocycles. The van der Waals surface area contributed by atoms with Crippen molar-refractivity contribution in [3.05, 3.63) is 30.6 Å². The van der Waals surface area contributed by atoms with E-state index in [9.17, 15) is 4.79 Å². The summed E-state index contributed by atoms with van der Waals surface area (Å²) in [5.41, 5.74) is 2.46. The first-order valence-corrected chi connectivity index (χ1v) is 8.41. The van der Waals surface area contributed by atoms with Crippen LogP contribution in [0.2, 0.25) is 0 Å². The van der Waals surface area contributed by atoms with E-state index in [1.807, 2.05) is 43.5 Å². The van der Waals surface area contributed by atoms with E-state index in [2.05, 4.69) is 9.97 Å². The molecule has 6 heteroatoms. The molecule has 1 atom stereocenters. The van der Waals surface area contributed by atoms with Gasteiger partial charge in [-0.15, -0.1) is 0 Å². The zero-order valence-electron chi connectivity index (χ0n) is 14.9. The van der Waals surface area contributed by atoms with Crippen LogP contribution in [-0.2, 0) is 18.3 Å². The summed E-state index contributed by atoms with van der Waals surface area (Å²) in [6, 6.07) is 0. The molecule has 2 aromatic rings. The Morgan fingerprint density at radius 2 is 2.04 bits per heavy atom. The highest BCUT2D eigenvalue weighted by molar-refractivity contribution is 5.81. The average molecular weight is 327 g/mol. The second-order valence-electron chi connectivity index (χ2n) is 7.65. The molecule has 24 heavy (non-hydrogen) atoms. The zero-order valence-corrected chi connectivity index (χ0v) is 14.9. The van der Waals surface area contributed by atoms with Crippen LogP contribution in [0, 0.1) is 11.3 Å². The molecular weight excluding hydrogens is 302 g/mol. The maximum Gasteiger partial charge on any atom is 0.227 e. The van der Waals surface area contributed by atoms with E-state index in [-0.39, 0.29) is 11.3 Å². The smallest absolute Gasteiger partial charge is 0.227 e. The molecule has 0 bridgehead atoms. The first-order chi connectivity index (χ1) is 11.3. The fraction of sp³-hybridized carbons (Fsp3) is 0.556. The summed E-state index contributed by atoms with van der Waals surface area (Å²) in [5, 5.41) is 0. The Hall–Kier alpha value is -2.24. The van der Waals surface area contributed by atoms with E-state index >= 15 is 0 Å². The van der Waals surface area contributed by atoms with E-state index in [0.29, 0.717) is 5.92 Å². The number of aromatic nitrogens is 4. The Kier molecular flexibility index (Phi) is 4.39. The van der Waals surface area contributed by atoms with Gasteiger partial charge in [0.25, 0.3) is 0 Å². The summed E-state index contributed by atoms with van der Waals surface area (Å²) in [6.07, 6.45) is 9.04. The van der Waals surface area contributed by atoms with E-state index in [1.54, 1.807) is 18.7 Å². The van der Waals surface area contributed by atoms with Gasteiger partial charge in [-0.25, -0.2) is 9.97 Å². The third-order valence-corrected chi connectivity index (χ3v) is 4.48. The van der Waals surface area contributed by atoms with Crippen LogP contribution in [0.4, 0.5) is 0 Å². The van der Waals surface area contributed by atoms with Crippen LogP contribution in [0.15, 0.2) is 24.9 Å². The number of rotatable bonds is 3. The average Bonchev–Trinajstić information content (AvgIpc) is 3.15. The highest BCUT2D eigenvalue weighted by Gasteiger charge is 2.32. The van der Waals surface area contributed by atoms with Crippen molar-refractivity contribution in [3.63, 3.8) is 0 Å². The zero-order chi connectivity index (χ0) is 17.3. The molecule has 0 unspecified atom stereocenters. The first-order valence-electron chi connectivity index (χ1n) is 8.41. The van der Waals surface area contributed by atoms with Crippen LogP contribution in [0.1, 0.15) is 32.9 Å². The van der Waals surface area contributed by atoms with Gasteiger partial charge in [0.2, 0.25) is 5.91 Å². The molecule has 1 aliphatic rings. The van der Waals surface area contributed by atoms with Crippen molar-refractivity contribution in [2.45, 2.75) is 33.6 Å². The quantitative estimate of drug-likeness (QED) is 0.868. The van der Waals surface area contributed by atoms with Gasteiger partial charge in [-0.2, -0.15) is 0 Å². The number of hydrogen-bond acceptors (Lipinski definition) is 4. The minimum absolute atomic E-state index is 0.236. The largest absolute Gasteiger partial charge is 0.342 e. The van der Waals surface area contributed by atoms with Gasteiger partial charge in [-0.3, -0.25) is 9.78 Å². The van der Waals surface area contributed by atoms with Crippen molar-refractivity contribution < 1.29 is 4.79 Å². The Balaban J connectivity index is 1.68. The summed E-state index contributed by atoms with van der Waals surface area (Å²) in [6.45, 7) is 7.59. The second-order valence-corrected chi connectivity index (χ2v) is 7.65. The van der Waals surface area contributed by atoms with Gasteiger partial charge < -0.3 is 9.47 Å². The minimum atomic E-state index is -0.311. The standard InChI is InChI=1S/C18H25N5O/c1-18(2,3)17(24)23-6-5-13(11-23)7-14-8-19-9-15(21-14)16-10-20-12-22(16)4/h8-10,12-13H,5-7,11H2,1-4H3/t13-/m0/s1. The molecule has 0 spiro atoms. The lowest BCUT2D eigenvalue weighted by atomic mass is 9.95. The second kappa shape index (κ2) is 6.34. The van der Waals surface area contributed by atoms with Crippen molar-refractivity contribution in [1.29, 1.82) is 0 Å². The highest BCUT2D eigenvalue weighted by atomic mass is 16.2. The lowest BCUT2D eigenvalue weighted by molar-refractivity contribution is -0.138. The molecule has 128 valence electrons. The number of nitrogens with zero attached hydrogens (tertiary/aromatic N) is 5. The van der Waals surface area contributed by atoms with Gasteiger partial charge in [0.15, 0.2) is 0 Å². The molecule has 6 nitrogen and oxygen atoms in total. The maximum atomic E-state index is 12.4. The van der Waals surface area contributed by atoms with Gasteiger partial charge in [0.1, 0.15) is 5.69 Å². The summed E-state index contributed by atoms with van der Waals surface area (Å²) >= 11 is 0. The Bertz CT molecular complexity index is 731. The Labute approximate surface area is 142 Å². The van der Waals surface area contributed by atoms with Gasteiger partial charge >= 0.3 is 0 Å². The lowest BCUT2D eigenvalue weighted by Gasteiger charge is -2.25. The number of amides is 1. The van der Waals surface area contributed by atoms with Gasteiger partial charge in [0, 0.05) is 31.7 Å². The van der Waals surface area contributed by atoms with Crippen LogP contribution in [-0.4, -0.2) is 43.4 Å². The summed E-state index contributed by atoms with van der Waals surface area (Å²) in [7, 11) is 1.95. The van der Waals surface area contributed by atoms with Gasteiger partial charge in [-0.1, -0.05) is 20.8 Å². The van der Waals surface area contributed by atoms with E-state index in [1.165, 1.54) is 0 Å². The molecule has 0 N–H and O–H groups in total. The topological polar surface area (TPSA) is 63.9 Å². The molecular formula is C18H25N5O. The minimum Gasteiger partial charge on any atom is -0.342 e. The Morgan fingerprint density at radius 3 is 2.71 bits per heavy atom. The van der Waals surface area contributed by atoms with Crippen LogP contribution in [0.3, 0.4) is 0 Å². The predicted molar refractivity (Wildman–Crippen MR) is 92.1 cm³/mol. The highest BCUT2D eigenvalue weighted by Crippen LogP contribution is 2.26. The molecule has 1 aliphatic heterocycles. The molecule has 0 aliphatic carbocycles. The number of carbonyl (C=O) groups is 1. The summed E-state index contributed by atoms with van der Waals surface area (Å²) < 4.78 is 1.94. The monoisotopic (exact) mass is 327 g/mol. The summed E-state index contributed by atoms with van der Waals surface area (Å²) in [5.74, 6) is 0.687. The fourth-order valence-electron chi connectivity index (χ4n) is 3.19. The number of carbonyl (C=O) groups excluding carboxylic acids is 1. The van der Waals surface area contributed by atoms with Crippen molar-refractivity contribution >= 4 is 5.91 Å². The van der Waals surface area contributed by atoms with Crippen LogP contribution < -0.4 is 0 Å². The SMILES string of the molecule is Cn1cncc1-c1cncc(C[C@@H]2CCN(C(=O)C(C)(C)C)C2)n1. The first kappa shape index (κ1) is 16.6. The van der Waals surface area contributed by atoms with Crippen LogP contribution in [0.25, 0.3) is 11.4 Å². The molecule has 0 radical (unpaired) electrons. The number of hydrogen-bond donors (Lipinski definition) is 0. The molecule has 1 saturated heterocycles. The number of likely N-dealkylation sites (tertiary alicyclic amines) is 1. The molecule has 1 amide bonds. The van der Waals surface area contributed by atoms with Crippen molar-refractivity contribution in [3.8, 4) is 11.4 Å². The van der Waals surface area contributed by atoms with Crippen LogP contribution in [0.5, 0.6) is 0 Å². The molecule has 0 aromatic carbocycles. The fourth-order valence-corrected chi connectivity index (χ4v) is 3.19. The van der Waals surface area contributed by atoms with Crippen LogP contribution >= 0.6 is 0 Å². The van der Waals surface area contributed by atoms with Gasteiger partial charge in [0.05, 0.1) is 30.1 Å². The predicted octanol–water partition coefficient (Wildman–Crippen LogP) is 2.31. The lowest BCUT2D eigenvalue weighted by Crippen LogP contribution is -2.38. The van der Waals surface area contributed by atoms with E-state index in [0.717, 1.165) is 43.0 Å². The number of imidazole rings is 1. The molecule has 3 rings (SSSR count). The van der Waals surface area contributed by atoms with Crippen molar-refractivity contribution in [1.82, 2.24) is 24.4 Å². The van der Waals surface area contributed by atoms with E-state index in [4.69, 9.17) is 4.98 Å². The van der Waals surface area contributed by atoms with Crippen molar-refractivity contribution in [2.75, 3.05) is 13.1 Å². The maximum absolute atomic E-state index is 12.4. The van der Waals surface area contributed by atoms with E-state index < -0.39 is 0 Å². The molecule has 1 fully saturated rings. The molecule has 3 heterocycles.